The molecule has 0 saturated carbocycles. The minimum atomic E-state index is -1.64. The van der Waals surface area contributed by atoms with Crippen molar-refractivity contribution in [2.24, 2.45) is 0 Å². The summed E-state index contributed by atoms with van der Waals surface area (Å²) in [5.41, 5.74) is 1.35. The average Bonchev–Trinajstić information content (AvgIpc) is 3.32. The fourth-order valence-corrected chi connectivity index (χ4v) is 10.7. The lowest BCUT2D eigenvalue weighted by Crippen LogP contribution is -2.48. The first-order chi connectivity index (χ1) is 12.0. The fourth-order valence-electron chi connectivity index (χ4n) is 3.78. The Bertz CT molecular complexity index is 1080. The van der Waals surface area contributed by atoms with Gasteiger partial charge in [-0.25, -0.2) is 0 Å². The van der Waals surface area contributed by atoms with Crippen LogP contribution in [-0.2, 0) is 0 Å². The average molecular weight is 379 g/mol. The maximum Gasteiger partial charge on any atom is 0.197 e. The molecule has 0 radical (unpaired) electrons. The highest BCUT2D eigenvalue weighted by Gasteiger charge is 2.40. The van der Waals surface area contributed by atoms with Crippen LogP contribution in [0.25, 0.3) is 15.8 Å². The van der Waals surface area contributed by atoms with E-state index in [1.54, 1.807) is 53.0 Å². The number of thiophene rings is 2. The van der Waals surface area contributed by atoms with Gasteiger partial charge in [0.05, 0.1) is 5.57 Å². The molecule has 2 nitrogen and oxygen atoms in total. The Labute approximate surface area is 154 Å². The van der Waals surface area contributed by atoms with Gasteiger partial charge in [0.15, 0.2) is 11.6 Å². The first-order valence-electron chi connectivity index (χ1n) is 8.11. The second kappa shape index (κ2) is 4.97. The van der Waals surface area contributed by atoms with Crippen molar-refractivity contribution in [3.05, 3.63) is 63.4 Å². The predicted octanol–water partition coefficient (Wildman–Crippen LogP) is 4.08. The number of hydrogen-bond donors (Lipinski definition) is 0. The molecule has 1 aliphatic heterocycles. The van der Waals surface area contributed by atoms with Gasteiger partial charge in [0.2, 0.25) is 0 Å². The molecule has 122 valence electrons. The first kappa shape index (κ1) is 15.2. The van der Waals surface area contributed by atoms with Gasteiger partial charge >= 0.3 is 0 Å². The molecule has 3 aromatic rings. The lowest BCUT2D eigenvalue weighted by molar-refractivity contribution is 0.0990. The lowest BCUT2D eigenvalue weighted by Gasteiger charge is -2.15. The summed E-state index contributed by atoms with van der Waals surface area (Å²) in [4.78, 5) is 28.9. The number of Topliss-reactive ketones (excluding diaryl/α,β-unsaturated/α-hetero) is 2. The number of benzene rings is 1. The Morgan fingerprint density at radius 3 is 2.28 bits per heavy atom. The normalized spacial score (nSPS) is 16.8. The highest BCUT2D eigenvalue weighted by molar-refractivity contribution is 7.28. The molecule has 25 heavy (non-hydrogen) atoms. The van der Waals surface area contributed by atoms with Gasteiger partial charge in [-0.3, -0.25) is 9.59 Å². The highest BCUT2D eigenvalue weighted by atomic mass is 32.1. The zero-order valence-electron chi connectivity index (χ0n) is 13.8. The SMILES string of the molecule is C[Si]1(C)c2ccsc2-c2sc(C=C3C(=O)c4ccccc4C3=O)cc21. The standard InChI is InChI=1S/C20H14O2S2Si/c1-25(2)15-7-8-23-19(15)20-16(25)10-11(24-20)9-14-17(21)12-5-3-4-6-13(12)18(14)22/h3-10H,1-2H3. The van der Waals surface area contributed by atoms with Crippen molar-refractivity contribution in [2.45, 2.75) is 13.1 Å². The van der Waals surface area contributed by atoms with Gasteiger partial charge in [-0.1, -0.05) is 43.4 Å². The maximum absolute atomic E-state index is 12.6. The van der Waals surface area contributed by atoms with Gasteiger partial charge in [-0.15, -0.1) is 22.7 Å². The maximum atomic E-state index is 12.6. The van der Waals surface area contributed by atoms with Gasteiger partial charge in [-0.2, -0.15) is 0 Å². The second-order valence-electron chi connectivity index (χ2n) is 6.94. The van der Waals surface area contributed by atoms with E-state index < -0.39 is 8.07 Å². The van der Waals surface area contributed by atoms with E-state index in [9.17, 15) is 9.59 Å². The second-order valence-corrected chi connectivity index (χ2v) is 13.3. The smallest absolute Gasteiger partial charge is 0.197 e. The van der Waals surface area contributed by atoms with Crippen molar-refractivity contribution < 1.29 is 9.59 Å². The monoisotopic (exact) mass is 378 g/mol. The summed E-state index contributed by atoms with van der Waals surface area (Å²) >= 11 is 3.50. The number of carbonyl (C=O) groups excluding carboxylic acids is 2. The minimum absolute atomic E-state index is 0.150. The quantitative estimate of drug-likeness (QED) is 0.363. The van der Waals surface area contributed by atoms with Crippen LogP contribution >= 0.6 is 22.7 Å². The molecule has 0 spiro atoms. The molecule has 0 atom stereocenters. The van der Waals surface area contributed by atoms with Crippen LogP contribution in [-0.4, -0.2) is 19.6 Å². The van der Waals surface area contributed by atoms with Crippen LogP contribution in [0, 0.1) is 0 Å². The van der Waals surface area contributed by atoms with Gasteiger partial charge in [0.25, 0.3) is 0 Å². The molecule has 1 aliphatic carbocycles. The number of allylic oxidation sites excluding steroid dienone is 1. The van der Waals surface area contributed by atoms with Crippen molar-refractivity contribution in [3.63, 3.8) is 0 Å². The van der Waals surface area contributed by atoms with Gasteiger partial charge < -0.3 is 0 Å². The number of fused-ring (bicyclic) bond motifs is 4. The highest BCUT2D eigenvalue weighted by Crippen LogP contribution is 2.39. The van der Waals surface area contributed by atoms with Gasteiger partial charge in [0, 0.05) is 25.8 Å². The molecule has 5 rings (SSSR count). The summed E-state index contributed by atoms with van der Waals surface area (Å²) in [6.45, 7) is 4.74. The summed E-state index contributed by atoms with van der Waals surface area (Å²) in [5, 5.41) is 5.11. The molecular weight excluding hydrogens is 364 g/mol. The third kappa shape index (κ3) is 1.94. The van der Waals surface area contributed by atoms with E-state index in [4.69, 9.17) is 0 Å². The summed E-state index contributed by atoms with van der Waals surface area (Å²) in [6, 6.07) is 11.5. The summed E-state index contributed by atoms with van der Waals surface area (Å²) in [5.74, 6) is -0.301. The van der Waals surface area contributed by atoms with Gasteiger partial charge in [0.1, 0.15) is 8.07 Å². The molecule has 0 amide bonds. The van der Waals surface area contributed by atoms with E-state index in [1.165, 1.54) is 20.1 Å². The number of ketones is 2. The molecule has 0 bridgehead atoms. The number of rotatable bonds is 1. The zero-order chi connectivity index (χ0) is 17.3. The van der Waals surface area contributed by atoms with E-state index in [-0.39, 0.29) is 11.6 Å². The Morgan fingerprint density at radius 2 is 1.60 bits per heavy atom. The molecule has 0 fully saturated rings. The molecule has 3 heterocycles. The molecule has 0 N–H and O–H groups in total. The molecule has 5 heteroatoms. The van der Waals surface area contributed by atoms with Crippen LogP contribution in [0.3, 0.4) is 0 Å². The Kier molecular flexibility index (Phi) is 3.02. The molecule has 1 aromatic carbocycles. The lowest BCUT2D eigenvalue weighted by atomic mass is 10.1. The summed E-state index contributed by atoms with van der Waals surface area (Å²) in [7, 11) is -1.64. The largest absolute Gasteiger partial charge is 0.288 e. The molecule has 2 aromatic heterocycles. The van der Waals surface area contributed by atoms with E-state index in [2.05, 4.69) is 30.6 Å². The summed E-state index contributed by atoms with van der Waals surface area (Å²) in [6.07, 6.45) is 1.80. The Morgan fingerprint density at radius 1 is 0.920 bits per heavy atom. The van der Waals surface area contributed by atoms with E-state index in [1.807, 2.05) is 0 Å². The molecule has 0 unspecified atom stereocenters. The van der Waals surface area contributed by atoms with Crippen molar-refractivity contribution in [1.29, 1.82) is 0 Å². The van der Waals surface area contributed by atoms with Crippen LogP contribution in [0.5, 0.6) is 0 Å². The third-order valence-electron chi connectivity index (χ3n) is 5.16. The Balaban J connectivity index is 1.63. The summed E-state index contributed by atoms with van der Waals surface area (Å²) < 4.78 is 0. The number of hydrogen-bond acceptors (Lipinski definition) is 4. The Hall–Kier alpha value is -2.08. The first-order valence-corrected chi connectivity index (χ1v) is 12.8. The minimum Gasteiger partial charge on any atom is -0.288 e. The van der Waals surface area contributed by atoms with Crippen molar-refractivity contribution in [1.82, 2.24) is 0 Å². The third-order valence-corrected chi connectivity index (χ3v) is 11.2. The van der Waals surface area contributed by atoms with E-state index >= 15 is 0 Å². The zero-order valence-corrected chi connectivity index (χ0v) is 16.4. The van der Waals surface area contributed by atoms with E-state index in [0.29, 0.717) is 16.7 Å². The van der Waals surface area contributed by atoms with Crippen molar-refractivity contribution in [3.8, 4) is 9.75 Å². The van der Waals surface area contributed by atoms with Crippen molar-refractivity contribution in [2.75, 3.05) is 0 Å². The number of carbonyl (C=O) groups is 2. The predicted molar refractivity (Wildman–Crippen MR) is 107 cm³/mol. The van der Waals surface area contributed by atoms with Crippen LogP contribution in [0.4, 0.5) is 0 Å². The van der Waals surface area contributed by atoms with Crippen molar-refractivity contribution >= 4 is 58.8 Å². The van der Waals surface area contributed by atoms with Crippen LogP contribution in [0.2, 0.25) is 13.1 Å². The molecular formula is C20H14O2S2Si. The van der Waals surface area contributed by atoms with Crippen LogP contribution in [0.1, 0.15) is 25.6 Å². The van der Waals surface area contributed by atoms with E-state index in [0.717, 1.165) is 4.88 Å². The van der Waals surface area contributed by atoms with Gasteiger partial charge in [-0.05, 0) is 27.9 Å². The fraction of sp³-hybridized carbons (Fsp3) is 0.100. The van der Waals surface area contributed by atoms with Crippen LogP contribution in [0.15, 0.2) is 47.4 Å². The molecule has 0 saturated heterocycles. The molecule has 2 aliphatic rings. The topological polar surface area (TPSA) is 34.1 Å². The van der Waals surface area contributed by atoms with Crippen LogP contribution < -0.4 is 10.4 Å².